The van der Waals surface area contributed by atoms with Gasteiger partial charge in [-0.15, -0.1) is 0 Å². The van der Waals surface area contributed by atoms with Crippen LogP contribution in [0.15, 0.2) is 24.3 Å². The van der Waals surface area contributed by atoms with Crippen molar-refractivity contribution < 1.29 is 13.2 Å². The third-order valence-electron chi connectivity index (χ3n) is 2.11. The van der Waals surface area contributed by atoms with Gasteiger partial charge < -0.3 is 4.74 Å². The summed E-state index contributed by atoms with van der Waals surface area (Å²) in [7, 11) is -3.64. The van der Waals surface area contributed by atoms with Gasteiger partial charge in [-0.25, -0.2) is 0 Å². The highest BCUT2D eigenvalue weighted by Gasteiger charge is 2.13. The molecular weight excluding hydrogens is 266 g/mol. The molecule has 0 fully saturated rings. The largest absolute Gasteiger partial charge is 0.477 e. The molecule has 19 heavy (non-hydrogen) atoms. The van der Waals surface area contributed by atoms with Gasteiger partial charge in [0.1, 0.15) is 11.8 Å². The van der Waals surface area contributed by atoms with Crippen LogP contribution in [0, 0.1) is 17.2 Å². The molecule has 0 aromatic heterocycles. The van der Waals surface area contributed by atoms with Crippen LogP contribution in [0.2, 0.25) is 0 Å². The van der Waals surface area contributed by atoms with E-state index < -0.39 is 10.2 Å². The number of para-hydroxylation sites is 2. The topological polar surface area (TPSA) is 91.2 Å². The van der Waals surface area contributed by atoms with Crippen LogP contribution in [0.3, 0.4) is 0 Å². The fourth-order valence-corrected chi connectivity index (χ4v) is 2.33. The molecule has 104 valence electrons. The summed E-state index contributed by atoms with van der Waals surface area (Å²) < 4.78 is 33.5. The van der Waals surface area contributed by atoms with Gasteiger partial charge in [0.2, 0.25) is 0 Å². The molecule has 0 aliphatic carbocycles. The summed E-state index contributed by atoms with van der Waals surface area (Å²) in [5.74, 6) is 0.528. The molecule has 1 rings (SSSR count). The standard InChI is InChI=1S/C12H17N3O3S/c1-10(2)9-14-19(16,17)15-11-5-3-4-6-12(11)18-8-7-13/h3-6,10,14-15H,8-9H2,1-2H3. The van der Waals surface area contributed by atoms with E-state index in [0.29, 0.717) is 18.0 Å². The molecule has 1 aromatic rings. The number of benzene rings is 1. The molecule has 0 spiro atoms. The van der Waals surface area contributed by atoms with E-state index >= 15 is 0 Å². The summed E-state index contributed by atoms with van der Waals surface area (Å²) in [5.41, 5.74) is 0.300. The normalized spacial score (nSPS) is 11.1. The van der Waals surface area contributed by atoms with Gasteiger partial charge in [-0.3, -0.25) is 4.72 Å². The van der Waals surface area contributed by atoms with E-state index in [4.69, 9.17) is 10.00 Å². The van der Waals surface area contributed by atoms with E-state index in [0.717, 1.165) is 0 Å². The van der Waals surface area contributed by atoms with Crippen molar-refractivity contribution in [3.8, 4) is 11.8 Å². The van der Waals surface area contributed by atoms with Crippen LogP contribution >= 0.6 is 0 Å². The fourth-order valence-electron chi connectivity index (χ4n) is 1.24. The third-order valence-corrected chi connectivity index (χ3v) is 3.14. The van der Waals surface area contributed by atoms with Crippen LogP contribution in [0.4, 0.5) is 5.69 Å². The molecule has 6 nitrogen and oxygen atoms in total. The first-order chi connectivity index (χ1) is 8.94. The lowest BCUT2D eigenvalue weighted by Gasteiger charge is -2.13. The first-order valence-electron chi connectivity index (χ1n) is 5.81. The summed E-state index contributed by atoms with van der Waals surface area (Å²) in [4.78, 5) is 0. The molecule has 1 aromatic carbocycles. The molecule has 0 heterocycles. The lowest BCUT2D eigenvalue weighted by Crippen LogP contribution is -2.33. The van der Waals surface area contributed by atoms with Gasteiger partial charge in [0.15, 0.2) is 6.61 Å². The van der Waals surface area contributed by atoms with Crippen LogP contribution in [-0.4, -0.2) is 21.6 Å². The average molecular weight is 283 g/mol. The SMILES string of the molecule is CC(C)CNS(=O)(=O)Nc1ccccc1OCC#N. The molecule has 0 unspecified atom stereocenters. The second kappa shape index (κ2) is 6.97. The minimum absolute atomic E-state index is 0.141. The first kappa shape index (κ1) is 15.3. The van der Waals surface area contributed by atoms with Gasteiger partial charge >= 0.3 is 0 Å². The maximum atomic E-state index is 11.8. The number of rotatable bonds is 7. The van der Waals surface area contributed by atoms with Gasteiger partial charge in [-0.05, 0) is 18.1 Å². The molecule has 0 amide bonds. The maximum absolute atomic E-state index is 11.8. The number of hydrogen-bond acceptors (Lipinski definition) is 4. The minimum Gasteiger partial charge on any atom is -0.477 e. The Morgan fingerprint density at radius 3 is 2.68 bits per heavy atom. The van der Waals surface area contributed by atoms with Crippen molar-refractivity contribution in [3.05, 3.63) is 24.3 Å². The van der Waals surface area contributed by atoms with E-state index in [-0.39, 0.29) is 12.5 Å². The molecule has 0 saturated carbocycles. The van der Waals surface area contributed by atoms with Crippen LogP contribution in [0.5, 0.6) is 5.75 Å². The third kappa shape index (κ3) is 5.59. The zero-order valence-corrected chi connectivity index (χ0v) is 11.7. The summed E-state index contributed by atoms with van der Waals surface area (Å²) in [6, 6.07) is 8.38. The summed E-state index contributed by atoms with van der Waals surface area (Å²) in [5, 5.41) is 8.47. The number of nitrogens with one attached hydrogen (secondary N) is 2. The van der Waals surface area contributed by atoms with Gasteiger partial charge in [-0.2, -0.15) is 18.4 Å². The Morgan fingerprint density at radius 2 is 2.05 bits per heavy atom. The second-order valence-corrected chi connectivity index (χ2v) is 5.79. The summed E-state index contributed by atoms with van der Waals surface area (Å²) in [6.07, 6.45) is 0. The van der Waals surface area contributed by atoms with Crippen molar-refractivity contribution in [2.75, 3.05) is 17.9 Å². The van der Waals surface area contributed by atoms with E-state index in [9.17, 15) is 8.42 Å². The highest BCUT2D eigenvalue weighted by molar-refractivity contribution is 7.90. The fraction of sp³-hybridized carbons (Fsp3) is 0.417. The zero-order chi connectivity index (χ0) is 14.3. The predicted molar refractivity (Wildman–Crippen MR) is 72.9 cm³/mol. The Morgan fingerprint density at radius 1 is 1.37 bits per heavy atom. The monoisotopic (exact) mass is 283 g/mol. The number of anilines is 1. The Kier molecular flexibility index (Phi) is 5.60. The smallest absolute Gasteiger partial charge is 0.299 e. The quantitative estimate of drug-likeness (QED) is 0.793. The van der Waals surface area contributed by atoms with Crippen LogP contribution < -0.4 is 14.2 Å². The van der Waals surface area contributed by atoms with E-state index in [2.05, 4.69) is 9.44 Å². The lowest BCUT2D eigenvalue weighted by molar-refractivity contribution is 0.370. The number of nitrogens with zero attached hydrogens (tertiary/aromatic N) is 1. The van der Waals surface area contributed by atoms with Gasteiger partial charge in [-0.1, -0.05) is 26.0 Å². The number of nitriles is 1. The molecule has 2 N–H and O–H groups in total. The van der Waals surface area contributed by atoms with E-state index in [1.807, 2.05) is 19.9 Å². The molecule has 0 bridgehead atoms. The highest BCUT2D eigenvalue weighted by Crippen LogP contribution is 2.24. The molecule has 7 heteroatoms. The Hall–Kier alpha value is -1.78. The molecule has 0 aliphatic heterocycles. The van der Waals surface area contributed by atoms with Gasteiger partial charge in [0, 0.05) is 6.54 Å². The summed E-state index contributed by atoms with van der Waals surface area (Å²) in [6.45, 7) is 4.02. The highest BCUT2D eigenvalue weighted by atomic mass is 32.2. The van der Waals surface area contributed by atoms with Crippen LogP contribution in [0.25, 0.3) is 0 Å². The number of hydrogen-bond donors (Lipinski definition) is 2. The van der Waals surface area contributed by atoms with Crippen LogP contribution in [0.1, 0.15) is 13.8 Å². The van der Waals surface area contributed by atoms with Crippen molar-refractivity contribution in [2.24, 2.45) is 5.92 Å². The maximum Gasteiger partial charge on any atom is 0.299 e. The second-order valence-electron chi connectivity index (χ2n) is 4.29. The Balaban J connectivity index is 2.78. The van der Waals surface area contributed by atoms with Gasteiger partial charge in [0.05, 0.1) is 5.69 Å². The molecule has 0 saturated heterocycles. The predicted octanol–water partition coefficient (Wildman–Crippen LogP) is 1.49. The number of ether oxygens (including phenoxy) is 1. The van der Waals surface area contributed by atoms with Crippen molar-refractivity contribution >= 4 is 15.9 Å². The van der Waals surface area contributed by atoms with Gasteiger partial charge in [0.25, 0.3) is 10.2 Å². The van der Waals surface area contributed by atoms with Crippen LogP contribution in [-0.2, 0) is 10.2 Å². The molecule has 0 aliphatic rings. The van der Waals surface area contributed by atoms with E-state index in [1.54, 1.807) is 24.3 Å². The van der Waals surface area contributed by atoms with Crippen molar-refractivity contribution in [1.29, 1.82) is 5.26 Å². The molecule has 0 atom stereocenters. The Labute approximate surface area is 113 Å². The minimum atomic E-state index is -3.64. The first-order valence-corrected chi connectivity index (χ1v) is 7.29. The van der Waals surface area contributed by atoms with Crippen molar-refractivity contribution in [3.63, 3.8) is 0 Å². The van der Waals surface area contributed by atoms with E-state index in [1.165, 1.54) is 0 Å². The molecule has 0 radical (unpaired) electrons. The van der Waals surface area contributed by atoms with Crippen molar-refractivity contribution in [1.82, 2.24) is 4.72 Å². The molecular formula is C12H17N3O3S. The average Bonchev–Trinajstić information content (AvgIpc) is 2.35. The summed E-state index contributed by atoms with van der Waals surface area (Å²) >= 11 is 0. The Bertz CT molecular complexity index is 550. The lowest BCUT2D eigenvalue weighted by atomic mass is 10.2. The zero-order valence-electron chi connectivity index (χ0n) is 10.9. The van der Waals surface area contributed by atoms with Crippen molar-refractivity contribution in [2.45, 2.75) is 13.8 Å².